The summed E-state index contributed by atoms with van der Waals surface area (Å²) in [5.41, 5.74) is 0. The van der Waals surface area contributed by atoms with Gasteiger partial charge in [-0.3, -0.25) is 4.79 Å². The molecule has 0 saturated carbocycles. The van der Waals surface area contributed by atoms with E-state index in [9.17, 15) is 13.6 Å². The number of amides is 1. The molecule has 98 valence electrons. The number of halogens is 2. The van der Waals surface area contributed by atoms with Crippen LogP contribution in [-0.2, 0) is 4.79 Å². The summed E-state index contributed by atoms with van der Waals surface area (Å²) in [6.07, 6.45) is 1.22. The van der Waals surface area contributed by atoms with Crippen LogP contribution in [0.1, 0.15) is 19.8 Å². The van der Waals surface area contributed by atoms with Gasteiger partial charge in [-0.05, 0) is 31.9 Å². The molecule has 2 rings (SSSR count). The fraction of sp³-hybridized carbons (Fsp3) is 0.462. The second-order valence-corrected chi connectivity index (χ2v) is 4.37. The van der Waals surface area contributed by atoms with Gasteiger partial charge in [-0.25, -0.2) is 8.78 Å². The van der Waals surface area contributed by atoms with Gasteiger partial charge in [0.05, 0.1) is 0 Å². The molecule has 0 aliphatic carbocycles. The van der Waals surface area contributed by atoms with Crippen LogP contribution in [0.5, 0.6) is 5.75 Å². The Kier molecular flexibility index (Phi) is 3.79. The lowest BCUT2D eigenvalue weighted by molar-refractivity contribution is -0.136. The van der Waals surface area contributed by atoms with Gasteiger partial charge in [-0.2, -0.15) is 0 Å². The Morgan fingerprint density at radius 2 is 2.00 bits per heavy atom. The first-order valence-electron chi connectivity index (χ1n) is 5.98. The van der Waals surface area contributed by atoms with E-state index >= 15 is 0 Å². The van der Waals surface area contributed by atoms with Gasteiger partial charge < -0.3 is 9.64 Å². The quantitative estimate of drug-likeness (QED) is 0.829. The van der Waals surface area contributed by atoms with Crippen LogP contribution in [0.25, 0.3) is 0 Å². The van der Waals surface area contributed by atoms with Crippen molar-refractivity contribution in [2.24, 2.45) is 0 Å². The van der Waals surface area contributed by atoms with Gasteiger partial charge in [0.2, 0.25) is 0 Å². The zero-order valence-corrected chi connectivity index (χ0v) is 10.2. The van der Waals surface area contributed by atoms with Crippen LogP contribution in [0.4, 0.5) is 8.78 Å². The van der Waals surface area contributed by atoms with E-state index in [0.29, 0.717) is 0 Å². The molecule has 1 amide bonds. The Morgan fingerprint density at radius 3 is 2.61 bits per heavy atom. The number of rotatable bonds is 3. The number of carbonyl (C=O) groups is 1. The second kappa shape index (κ2) is 5.33. The minimum atomic E-state index is -0.795. The summed E-state index contributed by atoms with van der Waals surface area (Å²) < 4.78 is 31.3. The fourth-order valence-electron chi connectivity index (χ4n) is 2.01. The molecule has 1 atom stereocenters. The van der Waals surface area contributed by atoms with Gasteiger partial charge in [0, 0.05) is 19.2 Å². The maximum Gasteiger partial charge on any atom is 0.263 e. The van der Waals surface area contributed by atoms with Crippen molar-refractivity contribution in [1.82, 2.24) is 4.90 Å². The number of benzene rings is 1. The predicted octanol–water partition coefficient (Wildman–Crippen LogP) is 2.35. The van der Waals surface area contributed by atoms with E-state index in [1.54, 1.807) is 11.8 Å². The van der Waals surface area contributed by atoms with Crippen LogP contribution in [-0.4, -0.2) is 30.0 Å². The molecule has 0 N–H and O–H groups in total. The summed E-state index contributed by atoms with van der Waals surface area (Å²) in [6, 6.07) is 3.03. The van der Waals surface area contributed by atoms with Crippen molar-refractivity contribution in [3.8, 4) is 5.75 Å². The summed E-state index contributed by atoms with van der Waals surface area (Å²) in [6.45, 7) is 3.01. The summed E-state index contributed by atoms with van der Waals surface area (Å²) >= 11 is 0. The minimum Gasteiger partial charge on any atom is -0.478 e. The molecule has 0 radical (unpaired) electrons. The molecule has 1 saturated heterocycles. The molecule has 0 aromatic heterocycles. The molecule has 1 fully saturated rings. The average Bonchev–Trinajstić information content (AvgIpc) is 2.85. The summed E-state index contributed by atoms with van der Waals surface area (Å²) in [7, 11) is 0. The summed E-state index contributed by atoms with van der Waals surface area (Å²) in [4.78, 5) is 13.6. The first-order chi connectivity index (χ1) is 8.58. The lowest BCUT2D eigenvalue weighted by atomic mass is 10.3. The molecule has 1 aliphatic heterocycles. The Hall–Kier alpha value is -1.65. The fourth-order valence-corrected chi connectivity index (χ4v) is 2.01. The van der Waals surface area contributed by atoms with E-state index in [4.69, 9.17) is 4.74 Å². The Balaban J connectivity index is 2.01. The molecule has 5 heteroatoms. The molecule has 1 heterocycles. The molecule has 3 nitrogen and oxygen atoms in total. The van der Waals surface area contributed by atoms with E-state index in [-0.39, 0.29) is 11.7 Å². The molecule has 0 unspecified atom stereocenters. The molecule has 18 heavy (non-hydrogen) atoms. The number of carbonyl (C=O) groups excluding carboxylic acids is 1. The molecule has 1 aromatic rings. The maximum absolute atomic E-state index is 13.4. The van der Waals surface area contributed by atoms with Gasteiger partial charge in [0.15, 0.2) is 17.7 Å². The van der Waals surface area contributed by atoms with Crippen molar-refractivity contribution in [3.63, 3.8) is 0 Å². The van der Waals surface area contributed by atoms with E-state index in [1.807, 2.05) is 0 Å². The summed E-state index contributed by atoms with van der Waals surface area (Å²) in [5, 5.41) is 0. The van der Waals surface area contributed by atoms with Crippen molar-refractivity contribution < 1.29 is 18.3 Å². The van der Waals surface area contributed by atoms with Crippen molar-refractivity contribution in [1.29, 1.82) is 0 Å². The first kappa shape index (κ1) is 12.8. The largest absolute Gasteiger partial charge is 0.478 e. The van der Waals surface area contributed by atoms with Gasteiger partial charge in [-0.1, -0.05) is 0 Å². The van der Waals surface area contributed by atoms with Gasteiger partial charge in [-0.15, -0.1) is 0 Å². The van der Waals surface area contributed by atoms with Crippen LogP contribution >= 0.6 is 0 Å². The number of nitrogens with zero attached hydrogens (tertiary/aromatic N) is 1. The van der Waals surface area contributed by atoms with Gasteiger partial charge in [0.1, 0.15) is 5.82 Å². The predicted molar refractivity (Wildman–Crippen MR) is 62.3 cm³/mol. The third kappa shape index (κ3) is 2.78. The highest BCUT2D eigenvalue weighted by Gasteiger charge is 2.25. The van der Waals surface area contributed by atoms with Crippen molar-refractivity contribution in [3.05, 3.63) is 29.8 Å². The number of hydrogen-bond donors (Lipinski definition) is 0. The SMILES string of the molecule is C[C@@H](Oc1ccc(F)cc1F)C(=O)N1CCCC1. The zero-order chi connectivity index (χ0) is 13.1. The lowest BCUT2D eigenvalue weighted by Gasteiger charge is -2.21. The van der Waals surface area contributed by atoms with Crippen molar-refractivity contribution >= 4 is 5.91 Å². The standard InChI is InChI=1S/C13H15F2NO2/c1-9(13(17)16-6-2-3-7-16)18-12-5-4-10(14)8-11(12)15/h4-5,8-9H,2-3,6-7H2,1H3/t9-/m1/s1. The number of likely N-dealkylation sites (tertiary alicyclic amines) is 1. The molecular weight excluding hydrogens is 240 g/mol. The van der Waals surface area contributed by atoms with E-state index in [0.717, 1.165) is 38.1 Å². The lowest BCUT2D eigenvalue weighted by Crippen LogP contribution is -2.38. The first-order valence-corrected chi connectivity index (χ1v) is 5.98. The maximum atomic E-state index is 13.4. The minimum absolute atomic E-state index is 0.101. The van der Waals surface area contributed by atoms with E-state index < -0.39 is 17.7 Å². The highest BCUT2D eigenvalue weighted by atomic mass is 19.1. The number of ether oxygens (including phenoxy) is 1. The van der Waals surface area contributed by atoms with Crippen molar-refractivity contribution in [2.75, 3.05) is 13.1 Å². The van der Waals surface area contributed by atoms with Crippen LogP contribution in [0.15, 0.2) is 18.2 Å². The van der Waals surface area contributed by atoms with Crippen LogP contribution in [0.2, 0.25) is 0 Å². The highest BCUT2D eigenvalue weighted by Crippen LogP contribution is 2.20. The Bertz CT molecular complexity index is 445. The Morgan fingerprint density at radius 1 is 1.33 bits per heavy atom. The second-order valence-electron chi connectivity index (χ2n) is 4.37. The van der Waals surface area contributed by atoms with Crippen LogP contribution in [0, 0.1) is 11.6 Å². The topological polar surface area (TPSA) is 29.5 Å². The number of hydrogen-bond acceptors (Lipinski definition) is 2. The monoisotopic (exact) mass is 255 g/mol. The molecule has 0 bridgehead atoms. The van der Waals surface area contributed by atoms with Crippen LogP contribution in [0.3, 0.4) is 0 Å². The van der Waals surface area contributed by atoms with Gasteiger partial charge >= 0.3 is 0 Å². The molecule has 1 aliphatic rings. The summed E-state index contributed by atoms with van der Waals surface area (Å²) in [5.74, 6) is -1.72. The molecule has 1 aromatic carbocycles. The van der Waals surface area contributed by atoms with E-state index in [2.05, 4.69) is 0 Å². The third-order valence-corrected chi connectivity index (χ3v) is 2.96. The normalized spacial score (nSPS) is 16.7. The molecule has 0 spiro atoms. The average molecular weight is 255 g/mol. The molecular formula is C13H15F2NO2. The smallest absolute Gasteiger partial charge is 0.263 e. The van der Waals surface area contributed by atoms with Crippen LogP contribution < -0.4 is 4.74 Å². The highest BCUT2D eigenvalue weighted by molar-refractivity contribution is 5.81. The Labute approximate surface area is 104 Å². The van der Waals surface area contributed by atoms with E-state index in [1.165, 1.54) is 6.07 Å². The third-order valence-electron chi connectivity index (χ3n) is 2.96. The zero-order valence-electron chi connectivity index (χ0n) is 10.2. The van der Waals surface area contributed by atoms with Gasteiger partial charge in [0.25, 0.3) is 5.91 Å². The van der Waals surface area contributed by atoms with Crippen molar-refractivity contribution in [2.45, 2.75) is 25.9 Å².